The summed E-state index contributed by atoms with van der Waals surface area (Å²) in [5, 5.41) is 3.00. The minimum absolute atomic E-state index is 0.0243. The van der Waals surface area contributed by atoms with E-state index >= 15 is 0 Å². The maximum atomic E-state index is 14.4. The van der Waals surface area contributed by atoms with E-state index < -0.39 is 11.6 Å². The van der Waals surface area contributed by atoms with Gasteiger partial charge in [-0.25, -0.2) is 8.78 Å². The molecule has 0 aliphatic rings. The van der Waals surface area contributed by atoms with Gasteiger partial charge < -0.3 is 15.0 Å². The lowest BCUT2D eigenvalue weighted by Gasteiger charge is -2.30. The van der Waals surface area contributed by atoms with E-state index in [4.69, 9.17) is 4.74 Å². The van der Waals surface area contributed by atoms with Crippen LogP contribution in [0.15, 0.2) is 36.7 Å². The molecule has 3 nitrogen and oxygen atoms in total. The highest BCUT2D eigenvalue weighted by Gasteiger charge is 2.21. The molecule has 1 N–H and O–H groups in total. The summed E-state index contributed by atoms with van der Waals surface area (Å²) < 4.78 is 32.7. The van der Waals surface area contributed by atoms with Crippen molar-refractivity contribution < 1.29 is 13.5 Å². The number of rotatable bonds is 7. The number of anilines is 1. The maximum Gasteiger partial charge on any atom is 0.192 e. The molecule has 0 amide bonds. The molecule has 0 fully saturated rings. The van der Waals surface area contributed by atoms with Crippen LogP contribution in [0.5, 0.6) is 5.75 Å². The fraction of sp³-hybridized carbons (Fsp3) is 0.375. The molecule has 0 bridgehead atoms. The number of hydrogen-bond donors (Lipinski definition) is 1. The quantitative estimate of drug-likeness (QED) is 0.827. The first-order valence-corrected chi connectivity index (χ1v) is 6.77. The zero-order chi connectivity index (χ0) is 16.0. The summed E-state index contributed by atoms with van der Waals surface area (Å²) >= 11 is 0. The van der Waals surface area contributed by atoms with Crippen molar-refractivity contribution in [2.24, 2.45) is 0 Å². The van der Waals surface area contributed by atoms with Crippen LogP contribution in [-0.2, 0) is 0 Å². The number of methoxy groups -OCH3 is 1. The van der Waals surface area contributed by atoms with E-state index in [1.54, 1.807) is 6.20 Å². The van der Waals surface area contributed by atoms with Gasteiger partial charge in [0, 0.05) is 11.7 Å². The van der Waals surface area contributed by atoms with Gasteiger partial charge in [0.1, 0.15) is 0 Å². The van der Waals surface area contributed by atoms with Crippen molar-refractivity contribution in [1.82, 2.24) is 5.32 Å². The van der Waals surface area contributed by atoms with Gasteiger partial charge in [0.15, 0.2) is 17.4 Å². The third-order valence-electron chi connectivity index (χ3n) is 3.14. The lowest BCUT2D eigenvalue weighted by Crippen LogP contribution is -2.35. The molecule has 0 aromatic heterocycles. The van der Waals surface area contributed by atoms with Gasteiger partial charge in [-0.15, -0.1) is 0 Å². The molecule has 0 heterocycles. The van der Waals surface area contributed by atoms with Crippen LogP contribution in [0.1, 0.15) is 20.8 Å². The van der Waals surface area contributed by atoms with E-state index in [1.807, 2.05) is 31.7 Å². The molecule has 5 heteroatoms. The van der Waals surface area contributed by atoms with Crippen molar-refractivity contribution in [2.75, 3.05) is 18.6 Å². The van der Waals surface area contributed by atoms with Crippen molar-refractivity contribution in [3.8, 4) is 5.75 Å². The number of nitrogens with zero attached hydrogens (tertiary/aromatic N) is 1. The molecule has 0 atom stereocenters. The van der Waals surface area contributed by atoms with Crippen molar-refractivity contribution >= 4 is 5.69 Å². The van der Waals surface area contributed by atoms with E-state index in [-0.39, 0.29) is 11.8 Å². The molecular weight excluding hydrogens is 274 g/mol. The molecule has 0 radical (unpaired) electrons. The fourth-order valence-corrected chi connectivity index (χ4v) is 2.01. The Hall–Kier alpha value is -2.04. The second-order valence-electron chi connectivity index (χ2n) is 4.80. The number of benzene rings is 1. The summed E-state index contributed by atoms with van der Waals surface area (Å²) in [7, 11) is 1.25. The Bertz CT molecular complexity index is 527. The fourth-order valence-electron chi connectivity index (χ4n) is 2.01. The Balaban J connectivity index is 3.21. The molecule has 0 aliphatic carbocycles. The molecule has 0 saturated carbocycles. The lowest BCUT2D eigenvalue weighted by atomic mass is 10.2. The van der Waals surface area contributed by atoms with Gasteiger partial charge in [0.2, 0.25) is 0 Å². The third-order valence-corrected chi connectivity index (χ3v) is 3.14. The summed E-state index contributed by atoms with van der Waals surface area (Å²) in [4.78, 5) is 1.82. The number of allylic oxidation sites excluding steroid dienone is 1. The lowest BCUT2D eigenvalue weighted by molar-refractivity contribution is 0.359. The normalized spacial score (nSPS) is 11.5. The highest BCUT2D eigenvalue weighted by atomic mass is 19.1. The molecule has 0 aliphatic heterocycles. The van der Waals surface area contributed by atoms with Crippen molar-refractivity contribution in [3.63, 3.8) is 0 Å². The number of nitrogens with one attached hydrogen (secondary N) is 1. The van der Waals surface area contributed by atoms with E-state index in [1.165, 1.54) is 19.2 Å². The van der Waals surface area contributed by atoms with Gasteiger partial charge in [0.05, 0.1) is 19.3 Å². The van der Waals surface area contributed by atoms with Gasteiger partial charge in [-0.1, -0.05) is 12.7 Å². The first kappa shape index (κ1) is 17.0. The van der Waals surface area contributed by atoms with Crippen LogP contribution in [0.4, 0.5) is 14.5 Å². The summed E-state index contributed by atoms with van der Waals surface area (Å²) in [5.74, 6) is -1.77. The largest absolute Gasteiger partial charge is 0.491 e. The van der Waals surface area contributed by atoms with Crippen molar-refractivity contribution in [1.29, 1.82) is 0 Å². The van der Waals surface area contributed by atoms with Gasteiger partial charge in [-0.3, -0.25) is 0 Å². The van der Waals surface area contributed by atoms with Crippen molar-refractivity contribution in [3.05, 3.63) is 48.3 Å². The molecule has 1 aromatic carbocycles. The Kier molecular flexibility index (Phi) is 6.21. The van der Waals surface area contributed by atoms with Gasteiger partial charge >= 0.3 is 0 Å². The third kappa shape index (κ3) is 3.97. The number of hydrogen-bond acceptors (Lipinski definition) is 3. The van der Waals surface area contributed by atoms with Crippen LogP contribution < -0.4 is 15.0 Å². The maximum absolute atomic E-state index is 14.4. The van der Waals surface area contributed by atoms with E-state index in [9.17, 15) is 8.78 Å². The predicted octanol–water partition coefficient (Wildman–Crippen LogP) is 3.83. The van der Waals surface area contributed by atoms with Gasteiger partial charge in [0.25, 0.3) is 0 Å². The number of halogens is 2. The van der Waals surface area contributed by atoms with E-state index in [2.05, 4.69) is 11.9 Å². The van der Waals surface area contributed by atoms with Crippen molar-refractivity contribution in [2.45, 2.75) is 26.8 Å². The standard InChI is InChI=1S/C16H22F2N2O/c1-6-12(19-7-2)10-20(11(3)4)14-9-8-13(17)16(21-5)15(14)18/h6-9,11,19H,2,10H2,1,3-5H3/b12-6-. The smallest absolute Gasteiger partial charge is 0.192 e. The van der Waals surface area contributed by atoms with Crippen LogP contribution in [-0.4, -0.2) is 19.7 Å². The minimum Gasteiger partial charge on any atom is -0.491 e. The molecule has 21 heavy (non-hydrogen) atoms. The Morgan fingerprint density at radius 3 is 2.57 bits per heavy atom. The van der Waals surface area contributed by atoms with Crippen LogP contribution in [0.3, 0.4) is 0 Å². The van der Waals surface area contributed by atoms with Crippen LogP contribution in [0.25, 0.3) is 0 Å². The Labute approximate surface area is 124 Å². The first-order valence-electron chi connectivity index (χ1n) is 6.77. The molecule has 0 spiro atoms. The summed E-state index contributed by atoms with van der Waals surface area (Å²) in [6.07, 6.45) is 3.45. The monoisotopic (exact) mass is 296 g/mol. The average molecular weight is 296 g/mol. The van der Waals surface area contributed by atoms with Crippen LogP contribution in [0.2, 0.25) is 0 Å². The van der Waals surface area contributed by atoms with Crippen LogP contribution in [0, 0.1) is 11.6 Å². The highest BCUT2D eigenvalue weighted by Crippen LogP contribution is 2.31. The van der Waals surface area contributed by atoms with Gasteiger partial charge in [-0.2, -0.15) is 0 Å². The molecule has 0 saturated heterocycles. The molecular formula is C16H22F2N2O. The summed E-state index contributed by atoms with van der Waals surface area (Å²) in [6, 6.07) is 2.66. The van der Waals surface area contributed by atoms with E-state index in [0.29, 0.717) is 12.2 Å². The van der Waals surface area contributed by atoms with Crippen LogP contribution >= 0.6 is 0 Å². The minimum atomic E-state index is -0.710. The zero-order valence-electron chi connectivity index (χ0n) is 12.9. The average Bonchev–Trinajstić information content (AvgIpc) is 2.44. The summed E-state index contributed by atoms with van der Waals surface area (Å²) in [5.41, 5.74) is 1.18. The van der Waals surface area contributed by atoms with E-state index in [0.717, 1.165) is 5.70 Å². The van der Waals surface area contributed by atoms with Gasteiger partial charge in [-0.05, 0) is 39.1 Å². The number of ether oxygens (including phenoxy) is 1. The second-order valence-corrected chi connectivity index (χ2v) is 4.80. The Morgan fingerprint density at radius 1 is 1.43 bits per heavy atom. The topological polar surface area (TPSA) is 24.5 Å². The zero-order valence-corrected chi connectivity index (χ0v) is 12.9. The highest BCUT2D eigenvalue weighted by molar-refractivity contribution is 5.54. The molecule has 116 valence electrons. The SMILES string of the molecule is C=CN/C(=C\C)CN(c1ccc(F)c(OC)c1F)C(C)C. The molecule has 1 rings (SSSR count). The first-order chi connectivity index (χ1) is 9.96. The molecule has 0 unspecified atom stereocenters. The second kappa shape index (κ2) is 7.67. The molecule has 1 aromatic rings. The summed E-state index contributed by atoms with van der Waals surface area (Å²) in [6.45, 7) is 9.83. The Morgan fingerprint density at radius 2 is 2.10 bits per heavy atom. The predicted molar refractivity (Wildman–Crippen MR) is 82.5 cm³/mol.